The molecule has 1 unspecified atom stereocenters. The molecule has 1 aromatic carbocycles. The minimum Gasteiger partial charge on any atom is -0.352 e. The van der Waals surface area contributed by atoms with Crippen LogP contribution in [0.2, 0.25) is 0 Å². The SMILES string of the molecule is CC(C)NC(=O)CN(C)C(=O)C1Cc2ccccc2CN1.Cl. The summed E-state index contributed by atoms with van der Waals surface area (Å²) >= 11 is 0. The van der Waals surface area contributed by atoms with Crippen LogP contribution in [0.1, 0.15) is 25.0 Å². The second kappa shape index (κ2) is 8.15. The highest BCUT2D eigenvalue weighted by atomic mass is 35.5. The van der Waals surface area contributed by atoms with E-state index in [0.717, 1.165) is 0 Å². The summed E-state index contributed by atoms with van der Waals surface area (Å²) in [6.45, 7) is 4.59. The lowest BCUT2D eigenvalue weighted by atomic mass is 9.95. The molecule has 0 saturated carbocycles. The number of nitrogens with zero attached hydrogens (tertiary/aromatic N) is 1. The van der Waals surface area contributed by atoms with Crippen molar-refractivity contribution in [2.75, 3.05) is 13.6 Å². The second-order valence-corrected chi connectivity index (χ2v) is 5.82. The lowest BCUT2D eigenvalue weighted by Gasteiger charge is -2.29. The standard InChI is InChI=1S/C16H23N3O2.ClH/c1-11(2)18-15(20)10-19(3)16(21)14-8-12-6-4-5-7-13(12)9-17-14;/h4-7,11,14,17H,8-10H2,1-3H3,(H,18,20);1H. The quantitative estimate of drug-likeness (QED) is 0.871. The Morgan fingerprint density at radius 2 is 1.95 bits per heavy atom. The highest BCUT2D eigenvalue weighted by molar-refractivity contribution is 5.87. The Morgan fingerprint density at radius 3 is 2.59 bits per heavy atom. The lowest BCUT2D eigenvalue weighted by Crippen LogP contribution is -2.50. The van der Waals surface area contributed by atoms with E-state index in [1.54, 1.807) is 7.05 Å². The molecule has 2 amide bonds. The summed E-state index contributed by atoms with van der Waals surface area (Å²) < 4.78 is 0. The summed E-state index contributed by atoms with van der Waals surface area (Å²) in [6, 6.07) is 7.96. The maximum atomic E-state index is 12.4. The normalized spacial score (nSPS) is 16.5. The van der Waals surface area contributed by atoms with Crippen LogP contribution in [-0.2, 0) is 22.6 Å². The predicted octanol–water partition coefficient (Wildman–Crippen LogP) is 1.11. The van der Waals surface area contributed by atoms with Gasteiger partial charge >= 0.3 is 0 Å². The van der Waals surface area contributed by atoms with Gasteiger partial charge in [-0.1, -0.05) is 24.3 Å². The van der Waals surface area contributed by atoms with Gasteiger partial charge in [-0.2, -0.15) is 0 Å². The van der Waals surface area contributed by atoms with Crippen LogP contribution in [0.3, 0.4) is 0 Å². The molecule has 0 saturated heterocycles. The molecular weight excluding hydrogens is 302 g/mol. The number of carbonyl (C=O) groups excluding carboxylic acids is 2. The third kappa shape index (κ3) is 4.71. The first kappa shape index (κ1) is 18.5. The van der Waals surface area contributed by atoms with E-state index in [9.17, 15) is 9.59 Å². The minimum atomic E-state index is -0.253. The molecule has 2 rings (SSSR count). The van der Waals surface area contributed by atoms with Crippen molar-refractivity contribution in [1.82, 2.24) is 15.5 Å². The molecule has 0 bridgehead atoms. The van der Waals surface area contributed by atoms with Gasteiger partial charge < -0.3 is 15.5 Å². The fourth-order valence-electron chi connectivity index (χ4n) is 2.56. The molecule has 5 nitrogen and oxygen atoms in total. The second-order valence-electron chi connectivity index (χ2n) is 5.82. The molecule has 2 N–H and O–H groups in total. The molecule has 1 aromatic rings. The smallest absolute Gasteiger partial charge is 0.240 e. The van der Waals surface area contributed by atoms with Gasteiger partial charge in [-0.3, -0.25) is 9.59 Å². The number of halogens is 1. The fourth-order valence-corrected chi connectivity index (χ4v) is 2.56. The molecule has 1 heterocycles. The number of carbonyl (C=O) groups is 2. The zero-order chi connectivity index (χ0) is 15.4. The molecule has 0 radical (unpaired) electrons. The van der Waals surface area contributed by atoms with Crippen LogP contribution in [0.5, 0.6) is 0 Å². The van der Waals surface area contributed by atoms with Crippen molar-refractivity contribution in [2.24, 2.45) is 0 Å². The van der Waals surface area contributed by atoms with Gasteiger partial charge in [0.05, 0.1) is 12.6 Å². The monoisotopic (exact) mass is 325 g/mol. The first-order chi connectivity index (χ1) is 9.97. The van der Waals surface area contributed by atoms with Crippen molar-refractivity contribution >= 4 is 24.2 Å². The van der Waals surface area contributed by atoms with Gasteiger partial charge in [0.25, 0.3) is 0 Å². The number of hydrogen-bond donors (Lipinski definition) is 2. The molecule has 1 aliphatic heterocycles. The van der Waals surface area contributed by atoms with Crippen LogP contribution in [0.15, 0.2) is 24.3 Å². The van der Waals surface area contributed by atoms with Crippen molar-refractivity contribution in [3.05, 3.63) is 35.4 Å². The van der Waals surface area contributed by atoms with Crippen LogP contribution in [-0.4, -0.2) is 42.4 Å². The van der Waals surface area contributed by atoms with E-state index in [2.05, 4.69) is 22.8 Å². The highest BCUT2D eigenvalue weighted by Crippen LogP contribution is 2.17. The molecule has 22 heavy (non-hydrogen) atoms. The zero-order valence-electron chi connectivity index (χ0n) is 13.3. The Morgan fingerprint density at radius 1 is 1.32 bits per heavy atom. The van der Waals surface area contributed by atoms with Gasteiger partial charge in [-0.25, -0.2) is 0 Å². The molecular formula is C16H24ClN3O2. The predicted molar refractivity (Wildman–Crippen MR) is 88.9 cm³/mol. The van der Waals surface area contributed by atoms with Crippen LogP contribution in [0.25, 0.3) is 0 Å². The van der Waals surface area contributed by atoms with Crippen molar-refractivity contribution in [3.8, 4) is 0 Å². The summed E-state index contributed by atoms with van der Waals surface area (Å²) in [5, 5.41) is 6.04. The van der Waals surface area contributed by atoms with Gasteiger partial charge in [-0.15, -0.1) is 12.4 Å². The van der Waals surface area contributed by atoms with E-state index in [4.69, 9.17) is 0 Å². The summed E-state index contributed by atoms with van der Waals surface area (Å²) in [6.07, 6.45) is 0.672. The summed E-state index contributed by atoms with van der Waals surface area (Å²) in [5.74, 6) is -0.166. The number of rotatable bonds is 4. The Kier molecular flexibility index (Phi) is 6.84. The number of nitrogens with one attached hydrogen (secondary N) is 2. The van der Waals surface area contributed by atoms with E-state index in [1.807, 2.05) is 26.0 Å². The molecule has 122 valence electrons. The van der Waals surface area contributed by atoms with Gasteiger partial charge in [0, 0.05) is 19.6 Å². The molecule has 0 aromatic heterocycles. The van der Waals surface area contributed by atoms with E-state index in [0.29, 0.717) is 13.0 Å². The van der Waals surface area contributed by atoms with Gasteiger partial charge in [0.1, 0.15) is 0 Å². The minimum absolute atomic E-state index is 0. The Hall–Kier alpha value is -1.59. The van der Waals surface area contributed by atoms with E-state index in [1.165, 1.54) is 16.0 Å². The van der Waals surface area contributed by atoms with Crippen LogP contribution in [0.4, 0.5) is 0 Å². The molecule has 0 spiro atoms. The topological polar surface area (TPSA) is 61.4 Å². The Bertz CT molecular complexity index is 534. The summed E-state index contributed by atoms with van der Waals surface area (Å²) in [5.41, 5.74) is 2.44. The molecule has 1 aliphatic rings. The molecule has 1 atom stereocenters. The summed E-state index contributed by atoms with van der Waals surface area (Å²) in [4.78, 5) is 25.6. The maximum Gasteiger partial charge on any atom is 0.240 e. The fraction of sp³-hybridized carbons (Fsp3) is 0.500. The zero-order valence-corrected chi connectivity index (χ0v) is 14.1. The maximum absolute atomic E-state index is 12.4. The molecule has 0 fully saturated rings. The van der Waals surface area contributed by atoms with E-state index >= 15 is 0 Å². The largest absolute Gasteiger partial charge is 0.352 e. The molecule has 6 heteroatoms. The number of benzene rings is 1. The number of hydrogen-bond acceptors (Lipinski definition) is 3. The first-order valence-corrected chi connectivity index (χ1v) is 7.32. The van der Waals surface area contributed by atoms with Crippen molar-refractivity contribution in [3.63, 3.8) is 0 Å². The van der Waals surface area contributed by atoms with Crippen molar-refractivity contribution in [2.45, 2.75) is 38.9 Å². The van der Waals surface area contributed by atoms with Crippen LogP contribution >= 0.6 is 12.4 Å². The number of fused-ring (bicyclic) bond motifs is 1. The Balaban J connectivity index is 0.00000242. The third-order valence-electron chi connectivity index (χ3n) is 3.59. The number of likely N-dealkylation sites (N-methyl/N-ethyl adjacent to an activating group) is 1. The lowest BCUT2D eigenvalue weighted by molar-refractivity contribution is -0.136. The van der Waals surface area contributed by atoms with Gasteiger partial charge in [0.2, 0.25) is 11.8 Å². The van der Waals surface area contributed by atoms with Crippen molar-refractivity contribution < 1.29 is 9.59 Å². The number of amides is 2. The van der Waals surface area contributed by atoms with Gasteiger partial charge in [-0.05, 0) is 31.4 Å². The highest BCUT2D eigenvalue weighted by Gasteiger charge is 2.27. The van der Waals surface area contributed by atoms with Gasteiger partial charge in [0.15, 0.2) is 0 Å². The average Bonchev–Trinajstić information content (AvgIpc) is 2.45. The molecule has 0 aliphatic carbocycles. The van der Waals surface area contributed by atoms with Crippen molar-refractivity contribution in [1.29, 1.82) is 0 Å². The third-order valence-corrected chi connectivity index (χ3v) is 3.59. The summed E-state index contributed by atoms with van der Waals surface area (Å²) in [7, 11) is 1.67. The van der Waals surface area contributed by atoms with Crippen LogP contribution in [0, 0.1) is 0 Å². The van der Waals surface area contributed by atoms with Crippen LogP contribution < -0.4 is 10.6 Å². The average molecular weight is 326 g/mol. The van der Waals surface area contributed by atoms with E-state index < -0.39 is 0 Å². The van der Waals surface area contributed by atoms with E-state index in [-0.39, 0.29) is 42.8 Å². The Labute approximate surface area is 137 Å². The first-order valence-electron chi connectivity index (χ1n) is 7.32.